The number of nitrogens with zero attached hydrogens (tertiary/aromatic N) is 4. The molecule has 1 fully saturated rings. The first-order valence-corrected chi connectivity index (χ1v) is 10.7. The van der Waals surface area contributed by atoms with Crippen LogP contribution in [0.4, 0.5) is 0 Å². The third-order valence-corrected chi connectivity index (χ3v) is 5.99. The Morgan fingerprint density at radius 1 is 1.40 bits per heavy atom. The van der Waals surface area contributed by atoms with E-state index < -0.39 is 10.0 Å². The summed E-state index contributed by atoms with van der Waals surface area (Å²) >= 11 is 0. The number of sulfonamides is 1. The van der Waals surface area contributed by atoms with E-state index in [1.165, 1.54) is 11.9 Å². The number of aliphatic imine (C=N–C) groups is 1. The quantitative estimate of drug-likeness (QED) is 0.602. The molecule has 0 unspecified atom stereocenters. The maximum atomic E-state index is 11.6. The molecule has 1 aromatic heterocycles. The predicted molar refractivity (Wildman–Crippen MR) is 102 cm³/mol. The Balaban J connectivity index is 1.92. The van der Waals surface area contributed by atoms with Crippen molar-refractivity contribution in [2.75, 3.05) is 39.5 Å². The summed E-state index contributed by atoms with van der Waals surface area (Å²) < 4.78 is 26.9. The number of nitrogens with one attached hydrogen (secondary N) is 1. The van der Waals surface area contributed by atoms with Crippen LogP contribution >= 0.6 is 0 Å². The van der Waals surface area contributed by atoms with E-state index in [0.717, 1.165) is 38.4 Å². The summed E-state index contributed by atoms with van der Waals surface area (Å²) in [5.41, 5.74) is 1.23. The first-order chi connectivity index (χ1) is 11.8. The molecule has 8 heteroatoms. The highest BCUT2D eigenvalue weighted by atomic mass is 32.2. The van der Waals surface area contributed by atoms with Crippen LogP contribution in [0.2, 0.25) is 0 Å². The molecule has 1 saturated heterocycles. The molecule has 0 radical (unpaired) electrons. The molecule has 0 atom stereocenters. The molecule has 0 aliphatic carbocycles. The van der Waals surface area contributed by atoms with Gasteiger partial charge in [0.25, 0.3) is 0 Å². The molecule has 0 amide bonds. The lowest BCUT2D eigenvalue weighted by atomic mass is 9.98. The standard InChI is InChI=1S/C17H31N5O2S/c1-5-18-17(21(3)14-16-7-6-10-20(16)2)19-13-15-8-11-22(12-9-15)25(4,23)24/h6-7,10,15H,5,8-9,11-14H2,1-4H3,(H,18,19). The fourth-order valence-electron chi connectivity index (χ4n) is 3.09. The second-order valence-corrected chi connectivity index (χ2v) is 8.75. The predicted octanol–water partition coefficient (Wildman–Crippen LogP) is 1.09. The SMILES string of the molecule is CCNC(=NCC1CCN(S(C)(=O)=O)CC1)N(C)Cc1cccn1C. The van der Waals surface area contributed by atoms with Crippen molar-refractivity contribution in [2.24, 2.45) is 18.0 Å². The average molecular weight is 370 g/mol. The van der Waals surface area contributed by atoms with Gasteiger partial charge in [0.15, 0.2) is 5.96 Å². The van der Waals surface area contributed by atoms with E-state index in [2.05, 4.69) is 27.8 Å². The summed E-state index contributed by atoms with van der Waals surface area (Å²) in [6, 6.07) is 4.16. The van der Waals surface area contributed by atoms with Crippen molar-refractivity contribution in [3.8, 4) is 0 Å². The van der Waals surface area contributed by atoms with Crippen LogP contribution in [0.3, 0.4) is 0 Å². The molecule has 1 N–H and O–H groups in total. The fraction of sp³-hybridized carbons (Fsp3) is 0.706. The summed E-state index contributed by atoms with van der Waals surface area (Å²) in [6.07, 6.45) is 5.07. The molecule has 25 heavy (non-hydrogen) atoms. The summed E-state index contributed by atoms with van der Waals surface area (Å²) in [7, 11) is 1.03. The van der Waals surface area contributed by atoms with Crippen LogP contribution in [0.5, 0.6) is 0 Å². The average Bonchev–Trinajstić information content (AvgIpc) is 2.96. The molecule has 0 aromatic carbocycles. The van der Waals surface area contributed by atoms with E-state index in [4.69, 9.17) is 4.99 Å². The first kappa shape index (κ1) is 19.8. The topological polar surface area (TPSA) is 69.9 Å². The van der Waals surface area contributed by atoms with E-state index in [-0.39, 0.29) is 0 Å². The van der Waals surface area contributed by atoms with Crippen LogP contribution in [-0.2, 0) is 23.6 Å². The third-order valence-electron chi connectivity index (χ3n) is 4.69. The normalized spacial score (nSPS) is 17.7. The van der Waals surface area contributed by atoms with Crippen LogP contribution in [0.1, 0.15) is 25.5 Å². The van der Waals surface area contributed by atoms with Gasteiger partial charge in [-0.25, -0.2) is 12.7 Å². The molecule has 1 aliphatic heterocycles. The van der Waals surface area contributed by atoms with Gasteiger partial charge in [-0.15, -0.1) is 0 Å². The largest absolute Gasteiger partial charge is 0.357 e. The van der Waals surface area contributed by atoms with Gasteiger partial charge in [0.2, 0.25) is 10.0 Å². The van der Waals surface area contributed by atoms with Crippen molar-refractivity contribution in [1.29, 1.82) is 0 Å². The molecule has 142 valence electrons. The maximum absolute atomic E-state index is 11.6. The zero-order chi connectivity index (χ0) is 18.4. The van der Waals surface area contributed by atoms with E-state index in [0.29, 0.717) is 19.0 Å². The molecular formula is C17H31N5O2S. The Kier molecular flexibility index (Phi) is 6.89. The minimum atomic E-state index is -3.06. The molecular weight excluding hydrogens is 338 g/mol. The van der Waals surface area contributed by atoms with Gasteiger partial charge in [-0.2, -0.15) is 0 Å². The van der Waals surface area contributed by atoms with Crippen LogP contribution in [-0.4, -0.2) is 67.6 Å². The molecule has 0 saturated carbocycles. The summed E-state index contributed by atoms with van der Waals surface area (Å²) in [6.45, 7) is 5.63. The Hall–Kier alpha value is -1.54. The van der Waals surface area contributed by atoms with E-state index in [1.54, 1.807) is 4.31 Å². The van der Waals surface area contributed by atoms with Crippen LogP contribution in [0.25, 0.3) is 0 Å². The highest BCUT2D eigenvalue weighted by molar-refractivity contribution is 7.88. The summed E-state index contributed by atoms with van der Waals surface area (Å²) in [4.78, 5) is 6.92. The van der Waals surface area contributed by atoms with Crippen LogP contribution in [0, 0.1) is 5.92 Å². The summed E-state index contributed by atoms with van der Waals surface area (Å²) in [5, 5.41) is 3.35. The van der Waals surface area contributed by atoms with Gasteiger partial charge < -0.3 is 14.8 Å². The molecule has 7 nitrogen and oxygen atoms in total. The molecule has 2 rings (SSSR count). The Bertz CT molecular complexity index is 675. The molecule has 1 aromatic rings. The molecule has 1 aliphatic rings. The van der Waals surface area contributed by atoms with Crippen LogP contribution < -0.4 is 5.32 Å². The second kappa shape index (κ2) is 8.71. The highest BCUT2D eigenvalue weighted by Crippen LogP contribution is 2.19. The van der Waals surface area contributed by atoms with Gasteiger partial charge in [0, 0.05) is 52.2 Å². The van der Waals surface area contributed by atoms with Crippen molar-refractivity contribution in [2.45, 2.75) is 26.3 Å². The third kappa shape index (κ3) is 5.74. The molecule has 0 spiro atoms. The van der Waals surface area contributed by atoms with Gasteiger partial charge in [-0.1, -0.05) is 0 Å². The number of piperidine rings is 1. The lowest BCUT2D eigenvalue weighted by Gasteiger charge is -2.30. The monoisotopic (exact) mass is 369 g/mol. The zero-order valence-electron chi connectivity index (χ0n) is 15.8. The van der Waals surface area contributed by atoms with Crippen molar-refractivity contribution in [3.05, 3.63) is 24.0 Å². The Morgan fingerprint density at radius 3 is 2.60 bits per heavy atom. The van der Waals surface area contributed by atoms with Gasteiger partial charge in [0.05, 0.1) is 12.8 Å². The zero-order valence-corrected chi connectivity index (χ0v) is 16.6. The lowest BCUT2D eigenvalue weighted by Crippen LogP contribution is -2.40. The number of aromatic nitrogens is 1. The number of rotatable bonds is 6. The minimum absolute atomic E-state index is 0.440. The van der Waals surface area contributed by atoms with Crippen molar-refractivity contribution in [3.63, 3.8) is 0 Å². The van der Waals surface area contributed by atoms with E-state index >= 15 is 0 Å². The smallest absolute Gasteiger partial charge is 0.211 e. The van der Waals surface area contributed by atoms with Gasteiger partial charge in [-0.3, -0.25) is 4.99 Å². The van der Waals surface area contributed by atoms with Gasteiger partial charge in [-0.05, 0) is 37.8 Å². The number of hydrogen-bond acceptors (Lipinski definition) is 3. The lowest BCUT2D eigenvalue weighted by molar-refractivity contribution is 0.279. The maximum Gasteiger partial charge on any atom is 0.211 e. The van der Waals surface area contributed by atoms with Crippen molar-refractivity contribution < 1.29 is 8.42 Å². The number of guanidine groups is 1. The van der Waals surface area contributed by atoms with Crippen molar-refractivity contribution >= 4 is 16.0 Å². The Morgan fingerprint density at radius 2 is 2.08 bits per heavy atom. The molecule has 0 bridgehead atoms. The fourth-order valence-corrected chi connectivity index (χ4v) is 3.96. The van der Waals surface area contributed by atoms with E-state index in [1.807, 2.05) is 26.4 Å². The molecule has 2 heterocycles. The second-order valence-electron chi connectivity index (χ2n) is 6.77. The Labute approximate surface area is 151 Å². The minimum Gasteiger partial charge on any atom is -0.357 e. The number of hydrogen-bond donors (Lipinski definition) is 1. The van der Waals surface area contributed by atoms with E-state index in [9.17, 15) is 8.42 Å². The number of aryl methyl sites for hydroxylation is 1. The van der Waals surface area contributed by atoms with Gasteiger partial charge >= 0.3 is 0 Å². The highest BCUT2D eigenvalue weighted by Gasteiger charge is 2.24. The van der Waals surface area contributed by atoms with Crippen molar-refractivity contribution in [1.82, 2.24) is 19.1 Å². The van der Waals surface area contributed by atoms with Crippen LogP contribution in [0.15, 0.2) is 23.3 Å². The first-order valence-electron chi connectivity index (χ1n) is 8.86. The van der Waals surface area contributed by atoms with Gasteiger partial charge in [0.1, 0.15) is 0 Å². The summed E-state index contributed by atoms with van der Waals surface area (Å²) in [5.74, 6) is 1.34.